The van der Waals surface area contributed by atoms with Crippen LogP contribution in [0.3, 0.4) is 0 Å². The molecule has 1 aliphatic heterocycles. The fourth-order valence-corrected chi connectivity index (χ4v) is 3.46. The highest BCUT2D eigenvalue weighted by Gasteiger charge is 2.32. The van der Waals surface area contributed by atoms with Gasteiger partial charge in [-0.2, -0.15) is 13.2 Å². The van der Waals surface area contributed by atoms with E-state index in [1.165, 1.54) is 10.9 Å². The van der Waals surface area contributed by atoms with Crippen molar-refractivity contribution in [3.8, 4) is 0 Å². The van der Waals surface area contributed by atoms with Crippen molar-refractivity contribution in [2.45, 2.75) is 58.4 Å². The van der Waals surface area contributed by atoms with Gasteiger partial charge in [-0.05, 0) is 34.1 Å². The van der Waals surface area contributed by atoms with Crippen molar-refractivity contribution in [3.63, 3.8) is 0 Å². The molecule has 1 amide bonds. The second-order valence-electron chi connectivity index (χ2n) is 8.12. The molecule has 8 nitrogen and oxygen atoms in total. The number of hydrogen-bond donors (Lipinski definition) is 2. The molecule has 11 heteroatoms. The molecule has 0 radical (unpaired) electrons. The second-order valence-corrected chi connectivity index (χ2v) is 8.12. The number of alkyl halides is 3. The molecular weight excluding hydrogens is 387 g/mol. The van der Waals surface area contributed by atoms with Crippen LogP contribution in [0.5, 0.6) is 0 Å². The summed E-state index contributed by atoms with van der Waals surface area (Å²) in [5, 5.41) is 5.23. The lowest BCUT2D eigenvalue weighted by Crippen LogP contribution is -2.40. The Labute approximate surface area is 166 Å². The third-order valence-corrected chi connectivity index (χ3v) is 4.98. The summed E-state index contributed by atoms with van der Waals surface area (Å²) in [5.41, 5.74) is 0.846. The second kappa shape index (κ2) is 7.77. The normalized spacial score (nSPS) is 18.4. The molecule has 1 fully saturated rings. The number of hydrogen-bond acceptors (Lipinski definition) is 6. The minimum atomic E-state index is -4.49. The fourth-order valence-electron chi connectivity index (χ4n) is 3.46. The molecule has 1 aliphatic rings. The van der Waals surface area contributed by atoms with E-state index in [-0.39, 0.29) is 17.4 Å². The first-order chi connectivity index (χ1) is 13.5. The number of nitrogens with zero attached hydrogens (tertiary/aromatic N) is 5. The predicted molar refractivity (Wildman–Crippen MR) is 103 cm³/mol. The Morgan fingerprint density at radius 2 is 2.00 bits per heavy atom. The minimum absolute atomic E-state index is 0.0605. The Morgan fingerprint density at radius 1 is 1.28 bits per heavy atom. The third-order valence-electron chi connectivity index (χ3n) is 4.98. The predicted octanol–water partition coefficient (Wildman–Crippen LogP) is 2.42. The number of carbonyl (C=O) groups excluding carboxylic acids is 1. The molecule has 2 aromatic rings. The van der Waals surface area contributed by atoms with Crippen LogP contribution in [0.1, 0.15) is 44.7 Å². The minimum Gasteiger partial charge on any atom is -0.364 e. The molecule has 0 aliphatic carbocycles. The third kappa shape index (κ3) is 4.77. The van der Waals surface area contributed by atoms with Crippen molar-refractivity contribution in [1.82, 2.24) is 29.7 Å². The van der Waals surface area contributed by atoms with Gasteiger partial charge in [-0.15, -0.1) is 0 Å². The van der Waals surface area contributed by atoms with Crippen LogP contribution in [0.15, 0.2) is 6.33 Å². The number of fused-ring (bicyclic) bond motifs is 1. The first-order valence-corrected chi connectivity index (χ1v) is 9.57. The standard InChI is InChI=1S/C18H26F3N7O/c1-5-28-14-12(26-15(28)16(29)22-9-18(19,20)21)13(23-10-24-14)25-11-6-7-27(8-11)17(2,3)4/h10-11H,5-9H2,1-4H3,(H,22,29)(H,23,24,25)/t11-/m0/s1. The quantitative estimate of drug-likeness (QED) is 0.783. The molecule has 0 bridgehead atoms. The van der Waals surface area contributed by atoms with Crippen LogP contribution >= 0.6 is 0 Å². The van der Waals surface area contributed by atoms with Crippen LogP contribution in [0.2, 0.25) is 0 Å². The van der Waals surface area contributed by atoms with Crippen LogP contribution < -0.4 is 10.6 Å². The number of carbonyl (C=O) groups is 1. The summed E-state index contributed by atoms with van der Waals surface area (Å²) in [6.07, 6.45) is -2.20. The Hall–Kier alpha value is -2.43. The molecule has 3 heterocycles. The van der Waals surface area contributed by atoms with E-state index >= 15 is 0 Å². The summed E-state index contributed by atoms with van der Waals surface area (Å²) in [5.74, 6) is -0.529. The zero-order valence-corrected chi connectivity index (χ0v) is 17.0. The number of anilines is 1. The van der Waals surface area contributed by atoms with Gasteiger partial charge in [-0.25, -0.2) is 15.0 Å². The number of nitrogens with one attached hydrogen (secondary N) is 2. The first kappa shape index (κ1) is 21.3. The van der Waals surface area contributed by atoms with Gasteiger partial charge in [-0.1, -0.05) is 0 Å². The van der Waals surface area contributed by atoms with Gasteiger partial charge in [-0.3, -0.25) is 9.69 Å². The van der Waals surface area contributed by atoms with E-state index in [0.717, 1.165) is 19.5 Å². The van der Waals surface area contributed by atoms with Gasteiger partial charge in [0.25, 0.3) is 5.91 Å². The SMILES string of the molecule is CCn1c(C(=O)NCC(F)(F)F)nc2c(N[C@H]3CCN(C(C)(C)C)C3)ncnc21. The molecule has 2 N–H and O–H groups in total. The van der Waals surface area contributed by atoms with E-state index in [9.17, 15) is 18.0 Å². The van der Waals surface area contributed by atoms with Crippen molar-refractivity contribution in [1.29, 1.82) is 0 Å². The molecule has 3 rings (SSSR count). The van der Waals surface area contributed by atoms with Gasteiger partial charge in [0, 0.05) is 31.2 Å². The molecule has 0 spiro atoms. The molecule has 1 atom stereocenters. The lowest BCUT2D eigenvalue weighted by molar-refractivity contribution is -0.123. The average molecular weight is 413 g/mol. The Bertz CT molecular complexity index is 888. The van der Waals surface area contributed by atoms with Gasteiger partial charge < -0.3 is 15.2 Å². The van der Waals surface area contributed by atoms with E-state index in [1.807, 2.05) is 5.32 Å². The number of halogens is 3. The van der Waals surface area contributed by atoms with Crippen molar-refractivity contribution in [3.05, 3.63) is 12.2 Å². The van der Waals surface area contributed by atoms with Crippen molar-refractivity contribution >= 4 is 22.9 Å². The van der Waals surface area contributed by atoms with Gasteiger partial charge in [0.2, 0.25) is 5.82 Å². The van der Waals surface area contributed by atoms with Gasteiger partial charge in [0.1, 0.15) is 12.9 Å². The van der Waals surface area contributed by atoms with Crippen molar-refractivity contribution in [2.24, 2.45) is 0 Å². The molecule has 0 aromatic carbocycles. The summed E-state index contributed by atoms with van der Waals surface area (Å²) in [4.78, 5) is 27.4. The maximum Gasteiger partial charge on any atom is 0.405 e. The highest BCUT2D eigenvalue weighted by atomic mass is 19.4. The molecule has 0 unspecified atom stereocenters. The van der Waals surface area contributed by atoms with Gasteiger partial charge in [0.15, 0.2) is 17.0 Å². The van der Waals surface area contributed by atoms with E-state index in [0.29, 0.717) is 23.5 Å². The van der Waals surface area contributed by atoms with E-state index in [4.69, 9.17) is 0 Å². The molecule has 0 saturated carbocycles. The maximum atomic E-state index is 12.4. The number of likely N-dealkylation sites (tertiary alicyclic amines) is 1. The zero-order chi connectivity index (χ0) is 21.4. The first-order valence-electron chi connectivity index (χ1n) is 9.57. The largest absolute Gasteiger partial charge is 0.405 e. The summed E-state index contributed by atoms with van der Waals surface area (Å²) in [6.45, 7) is 8.96. The van der Waals surface area contributed by atoms with Crippen molar-refractivity contribution < 1.29 is 18.0 Å². The monoisotopic (exact) mass is 413 g/mol. The molecule has 29 heavy (non-hydrogen) atoms. The summed E-state index contributed by atoms with van der Waals surface area (Å²) in [7, 11) is 0. The lowest BCUT2D eigenvalue weighted by atomic mass is 10.1. The molecule has 1 saturated heterocycles. The van der Waals surface area contributed by atoms with Crippen molar-refractivity contribution in [2.75, 3.05) is 25.0 Å². The van der Waals surface area contributed by atoms with E-state index < -0.39 is 18.6 Å². The average Bonchev–Trinajstić information content (AvgIpc) is 3.23. The zero-order valence-electron chi connectivity index (χ0n) is 17.0. The Morgan fingerprint density at radius 3 is 2.59 bits per heavy atom. The summed E-state index contributed by atoms with van der Waals surface area (Å²) >= 11 is 0. The lowest BCUT2D eigenvalue weighted by Gasteiger charge is -2.31. The summed E-state index contributed by atoms with van der Waals surface area (Å²) < 4.78 is 38.8. The maximum absolute atomic E-state index is 12.4. The van der Waals surface area contributed by atoms with Crippen LogP contribution in [0, 0.1) is 0 Å². The van der Waals surface area contributed by atoms with E-state index in [2.05, 4.69) is 45.9 Å². The number of aryl methyl sites for hydroxylation is 1. The number of amides is 1. The highest BCUT2D eigenvalue weighted by Crippen LogP contribution is 2.25. The topological polar surface area (TPSA) is 88.0 Å². The Balaban J connectivity index is 1.85. The van der Waals surface area contributed by atoms with Gasteiger partial charge in [0.05, 0.1) is 0 Å². The van der Waals surface area contributed by atoms with Crippen LogP contribution in [0.25, 0.3) is 11.2 Å². The highest BCUT2D eigenvalue weighted by molar-refractivity contribution is 5.96. The molecule has 2 aromatic heterocycles. The van der Waals surface area contributed by atoms with Crippen LogP contribution in [-0.2, 0) is 6.54 Å². The number of imidazole rings is 1. The van der Waals surface area contributed by atoms with Gasteiger partial charge >= 0.3 is 6.18 Å². The van der Waals surface area contributed by atoms with Crippen LogP contribution in [-0.4, -0.2) is 67.7 Å². The number of rotatable bonds is 5. The fraction of sp³-hybridized carbons (Fsp3) is 0.667. The molecular formula is C18H26F3N7O. The smallest absolute Gasteiger partial charge is 0.364 e. The van der Waals surface area contributed by atoms with E-state index in [1.54, 1.807) is 6.92 Å². The number of aromatic nitrogens is 4. The summed E-state index contributed by atoms with van der Waals surface area (Å²) in [6, 6.07) is 0.154. The molecule has 160 valence electrons. The van der Waals surface area contributed by atoms with Crippen LogP contribution in [0.4, 0.5) is 19.0 Å². The Kier molecular flexibility index (Phi) is 5.70.